The second-order valence-corrected chi connectivity index (χ2v) is 6.13. The molecule has 2 rings (SSSR count). The molecule has 21 heavy (non-hydrogen) atoms. The maximum Gasteiger partial charge on any atom is 0.309 e. The molecule has 0 atom stereocenters. The topological polar surface area (TPSA) is 78.4 Å². The van der Waals surface area contributed by atoms with Crippen molar-refractivity contribution in [3.63, 3.8) is 0 Å². The van der Waals surface area contributed by atoms with E-state index in [0.717, 1.165) is 11.1 Å². The molecule has 0 bridgehead atoms. The molecule has 0 saturated heterocycles. The summed E-state index contributed by atoms with van der Waals surface area (Å²) in [5, 5.41) is 15.6. The fourth-order valence-corrected chi connectivity index (χ4v) is 2.50. The number of carbonyl (C=O) groups is 2. The lowest BCUT2D eigenvalue weighted by molar-refractivity contribution is -0.139. The predicted octanol–water partition coefficient (Wildman–Crippen LogP) is 0.405. The molecule has 5 nitrogen and oxygen atoms in total. The Morgan fingerprint density at radius 3 is 2.19 bits per heavy atom. The second-order valence-electron chi connectivity index (χ2n) is 6.13. The van der Waals surface area contributed by atoms with Gasteiger partial charge in [-0.1, -0.05) is 38.1 Å². The maximum atomic E-state index is 11.7. The summed E-state index contributed by atoms with van der Waals surface area (Å²) in [7, 11) is 0. The molecule has 5 heteroatoms. The van der Waals surface area contributed by atoms with Crippen LogP contribution in [0.15, 0.2) is 24.3 Å². The van der Waals surface area contributed by atoms with Crippen LogP contribution in [0.1, 0.15) is 25.0 Å². The molecule has 3 N–H and O–H groups in total. The Kier molecular flexibility index (Phi) is 4.63. The highest BCUT2D eigenvalue weighted by molar-refractivity contribution is 6.35. The molecule has 1 aliphatic carbocycles. The Morgan fingerprint density at radius 2 is 1.67 bits per heavy atom. The first-order valence-electron chi connectivity index (χ1n) is 7.25. The van der Waals surface area contributed by atoms with Crippen molar-refractivity contribution in [2.24, 2.45) is 5.92 Å². The van der Waals surface area contributed by atoms with Gasteiger partial charge in [-0.3, -0.25) is 9.59 Å². The van der Waals surface area contributed by atoms with Crippen LogP contribution in [0.4, 0.5) is 0 Å². The van der Waals surface area contributed by atoms with E-state index < -0.39 is 17.4 Å². The van der Waals surface area contributed by atoms with E-state index in [1.165, 1.54) is 0 Å². The zero-order valence-electron chi connectivity index (χ0n) is 12.5. The lowest BCUT2D eigenvalue weighted by atomic mass is 10.0. The van der Waals surface area contributed by atoms with Crippen molar-refractivity contribution in [2.45, 2.75) is 32.3 Å². The minimum Gasteiger partial charge on any atom is -0.387 e. The molecule has 1 aromatic carbocycles. The largest absolute Gasteiger partial charge is 0.387 e. The molecule has 0 aliphatic heterocycles. The van der Waals surface area contributed by atoms with Gasteiger partial charge in [0.1, 0.15) is 0 Å². The van der Waals surface area contributed by atoms with E-state index in [1.807, 2.05) is 38.1 Å². The van der Waals surface area contributed by atoms with E-state index >= 15 is 0 Å². The first-order valence-corrected chi connectivity index (χ1v) is 7.25. The monoisotopic (exact) mass is 290 g/mol. The van der Waals surface area contributed by atoms with Crippen LogP contribution >= 0.6 is 0 Å². The summed E-state index contributed by atoms with van der Waals surface area (Å²) in [5.41, 5.74) is 1.19. The van der Waals surface area contributed by atoms with Crippen LogP contribution in [0.5, 0.6) is 0 Å². The van der Waals surface area contributed by atoms with Crippen molar-refractivity contribution in [1.29, 1.82) is 0 Å². The zero-order valence-corrected chi connectivity index (χ0v) is 12.5. The number of benzene rings is 1. The van der Waals surface area contributed by atoms with E-state index in [-0.39, 0.29) is 12.5 Å². The molecule has 2 amide bonds. The third kappa shape index (κ3) is 4.04. The summed E-state index contributed by atoms with van der Waals surface area (Å²) in [6.45, 7) is 4.45. The molecule has 1 aliphatic rings. The third-order valence-electron chi connectivity index (χ3n) is 3.61. The van der Waals surface area contributed by atoms with E-state index in [4.69, 9.17) is 0 Å². The molecule has 0 heterocycles. The first kappa shape index (κ1) is 15.5. The Bertz CT molecular complexity index is 515. The predicted molar refractivity (Wildman–Crippen MR) is 79.7 cm³/mol. The minimum absolute atomic E-state index is 0.0790. The summed E-state index contributed by atoms with van der Waals surface area (Å²) in [4.78, 5) is 23.3. The number of hydrogen-bond donors (Lipinski definition) is 3. The van der Waals surface area contributed by atoms with Gasteiger partial charge in [-0.05, 0) is 17.0 Å². The van der Waals surface area contributed by atoms with Crippen LogP contribution < -0.4 is 10.6 Å². The Hall–Kier alpha value is -1.88. The van der Waals surface area contributed by atoms with Crippen LogP contribution in [0.2, 0.25) is 0 Å². The van der Waals surface area contributed by atoms with E-state index in [9.17, 15) is 14.7 Å². The van der Waals surface area contributed by atoms with Crippen molar-refractivity contribution in [3.05, 3.63) is 35.4 Å². The standard InChI is InChI=1S/C16H22N2O3/c1-11(2)9-17-14(19)15(20)18-10-16(21)7-12-5-3-4-6-13(12)8-16/h3-6,11,21H,7-10H2,1-2H3,(H,17,19)(H,18,20). The number of amides is 2. The van der Waals surface area contributed by atoms with Gasteiger partial charge in [-0.15, -0.1) is 0 Å². The number of hydrogen-bond acceptors (Lipinski definition) is 3. The fraction of sp³-hybridized carbons (Fsp3) is 0.500. The first-order chi connectivity index (χ1) is 9.89. The van der Waals surface area contributed by atoms with Gasteiger partial charge < -0.3 is 15.7 Å². The molecule has 0 unspecified atom stereocenters. The normalized spacial score (nSPS) is 15.6. The number of carbonyl (C=O) groups excluding carboxylic acids is 2. The van der Waals surface area contributed by atoms with Crippen molar-refractivity contribution in [3.8, 4) is 0 Å². The van der Waals surface area contributed by atoms with Crippen molar-refractivity contribution >= 4 is 11.8 Å². The highest BCUT2D eigenvalue weighted by atomic mass is 16.3. The van der Waals surface area contributed by atoms with Gasteiger partial charge in [0.15, 0.2) is 0 Å². The minimum atomic E-state index is -1.00. The number of fused-ring (bicyclic) bond motifs is 1. The lowest BCUT2D eigenvalue weighted by Crippen LogP contribution is -2.48. The van der Waals surface area contributed by atoms with Gasteiger partial charge >= 0.3 is 11.8 Å². The second kappa shape index (κ2) is 6.26. The summed E-state index contributed by atoms with van der Waals surface area (Å²) >= 11 is 0. The van der Waals surface area contributed by atoms with Crippen LogP contribution in [-0.4, -0.2) is 35.6 Å². The quantitative estimate of drug-likeness (QED) is 0.703. The average Bonchev–Trinajstić information content (AvgIpc) is 2.78. The van der Waals surface area contributed by atoms with Gasteiger partial charge in [0, 0.05) is 25.9 Å². The lowest BCUT2D eigenvalue weighted by Gasteiger charge is -2.22. The fourth-order valence-electron chi connectivity index (χ4n) is 2.50. The smallest absolute Gasteiger partial charge is 0.309 e. The van der Waals surface area contributed by atoms with Gasteiger partial charge in [0.2, 0.25) is 0 Å². The molecule has 0 radical (unpaired) electrons. The third-order valence-corrected chi connectivity index (χ3v) is 3.61. The van der Waals surface area contributed by atoms with E-state index in [1.54, 1.807) is 0 Å². The Labute approximate surface area is 124 Å². The Morgan fingerprint density at radius 1 is 1.14 bits per heavy atom. The van der Waals surface area contributed by atoms with E-state index in [2.05, 4.69) is 10.6 Å². The van der Waals surface area contributed by atoms with Crippen molar-refractivity contribution in [2.75, 3.05) is 13.1 Å². The summed E-state index contributed by atoms with van der Waals surface area (Å²) in [6.07, 6.45) is 0.994. The van der Waals surface area contributed by atoms with Gasteiger partial charge in [0.25, 0.3) is 0 Å². The molecule has 114 valence electrons. The highest BCUT2D eigenvalue weighted by Crippen LogP contribution is 2.29. The van der Waals surface area contributed by atoms with Crippen molar-refractivity contribution < 1.29 is 14.7 Å². The van der Waals surface area contributed by atoms with Crippen LogP contribution in [0.25, 0.3) is 0 Å². The Balaban J connectivity index is 1.84. The summed E-state index contributed by atoms with van der Waals surface area (Å²) in [6, 6.07) is 7.82. The van der Waals surface area contributed by atoms with Gasteiger partial charge in [-0.25, -0.2) is 0 Å². The van der Waals surface area contributed by atoms with Crippen LogP contribution in [0.3, 0.4) is 0 Å². The average molecular weight is 290 g/mol. The molecule has 1 aromatic rings. The molecule has 0 saturated carbocycles. The van der Waals surface area contributed by atoms with Crippen molar-refractivity contribution in [1.82, 2.24) is 10.6 Å². The summed E-state index contributed by atoms with van der Waals surface area (Å²) < 4.78 is 0. The SMILES string of the molecule is CC(C)CNC(=O)C(=O)NCC1(O)Cc2ccccc2C1. The molecule has 0 spiro atoms. The van der Waals surface area contributed by atoms with Gasteiger partial charge in [0.05, 0.1) is 5.60 Å². The highest BCUT2D eigenvalue weighted by Gasteiger charge is 2.35. The van der Waals surface area contributed by atoms with Gasteiger partial charge in [-0.2, -0.15) is 0 Å². The summed E-state index contributed by atoms with van der Waals surface area (Å²) in [5.74, 6) is -1.06. The molecule has 0 fully saturated rings. The molecular weight excluding hydrogens is 268 g/mol. The molecule has 0 aromatic heterocycles. The van der Waals surface area contributed by atoms with E-state index in [0.29, 0.717) is 19.4 Å². The number of aliphatic hydroxyl groups is 1. The van der Waals surface area contributed by atoms with Crippen LogP contribution in [0, 0.1) is 5.92 Å². The van der Waals surface area contributed by atoms with Crippen LogP contribution in [-0.2, 0) is 22.4 Å². The maximum absolute atomic E-state index is 11.7. The molecular formula is C16H22N2O3. The zero-order chi connectivity index (χ0) is 15.5. The number of rotatable bonds is 4. The number of nitrogens with one attached hydrogen (secondary N) is 2.